The molecule has 1 atom stereocenters. The normalized spacial score (nSPS) is 19.8. The number of aliphatic hydroxyl groups is 2. The maximum atomic E-state index is 10.2. The zero-order chi connectivity index (χ0) is 18.3. The Morgan fingerprint density at radius 1 is 1.12 bits per heavy atom. The van der Waals surface area contributed by atoms with E-state index in [2.05, 4.69) is 0 Å². The Labute approximate surface area is 151 Å². The lowest BCUT2D eigenvalue weighted by Crippen LogP contribution is -2.19. The first kappa shape index (κ1) is 17.1. The fraction of sp³-hybridized carbons (Fsp3) is 0.400. The van der Waals surface area contributed by atoms with Gasteiger partial charge in [0.1, 0.15) is 6.61 Å². The Kier molecular flexibility index (Phi) is 4.26. The van der Waals surface area contributed by atoms with E-state index in [1.165, 1.54) is 0 Å². The van der Waals surface area contributed by atoms with Crippen molar-refractivity contribution in [2.24, 2.45) is 0 Å². The van der Waals surface area contributed by atoms with Crippen LogP contribution in [0.3, 0.4) is 0 Å². The highest BCUT2D eigenvalue weighted by molar-refractivity contribution is 5.77. The Balaban J connectivity index is 1.77. The predicted molar refractivity (Wildman–Crippen MR) is 94.4 cm³/mol. The number of fused-ring (bicyclic) bond motifs is 1. The van der Waals surface area contributed by atoms with E-state index in [4.69, 9.17) is 18.9 Å². The minimum atomic E-state index is -0.871. The van der Waals surface area contributed by atoms with Crippen molar-refractivity contribution in [1.29, 1.82) is 0 Å². The third kappa shape index (κ3) is 3.00. The highest BCUT2D eigenvalue weighted by Gasteiger charge is 2.41. The summed E-state index contributed by atoms with van der Waals surface area (Å²) in [7, 11) is 3.14. The molecule has 0 saturated heterocycles. The minimum Gasteiger partial charge on any atom is -0.493 e. The van der Waals surface area contributed by atoms with E-state index < -0.39 is 11.9 Å². The average molecular weight is 358 g/mol. The summed E-state index contributed by atoms with van der Waals surface area (Å²) in [6.07, 6.45) is 0.607. The molecule has 0 bridgehead atoms. The second-order valence-corrected chi connectivity index (χ2v) is 6.77. The molecule has 6 nitrogen and oxygen atoms in total. The lowest BCUT2D eigenvalue weighted by molar-refractivity contribution is -0.0918. The molecule has 0 amide bonds. The van der Waals surface area contributed by atoms with Gasteiger partial charge < -0.3 is 29.2 Å². The highest BCUT2D eigenvalue weighted by Crippen LogP contribution is 2.46. The lowest BCUT2D eigenvalue weighted by Gasteiger charge is -2.19. The van der Waals surface area contributed by atoms with E-state index in [0.29, 0.717) is 23.9 Å². The molecular formula is C20H22O6. The standard InChI is InChI=1S/C20H22O6/c1-23-16-6-5-14(12-3-4-15-13(9-12)10-25-19(15)21)17(18(16)24-2)26-11-20(22)7-8-20/h3-6,9,19,21-22H,7-8,10-11H2,1-2H3. The molecule has 1 saturated carbocycles. The Bertz CT molecular complexity index is 827. The van der Waals surface area contributed by atoms with Crippen LogP contribution in [-0.2, 0) is 11.3 Å². The quantitative estimate of drug-likeness (QED) is 0.827. The molecule has 1 aliphatic heterocycles. The van der Waals surface area contributed by atoms with Gasteiger partial charge in [-0.1, -0.05) is 12.1 Å². The van der Waals surface area contributed by atoms with Gasteiger partial charge in [-0.3, -0.25) is 0 Å². The van der Waals surface area contributed by atoms with Gasteiger partial charge in [-0.2, -0.15) is 0 Å². The van der Waals surface area contributed by atoms with Gasteiger partial charge in [0.25, 0.3) is 0 Å². The average Bonchev–Trinajstić information content (AvgIpc) is 3.29. The summed E-state index contributed by atoms with van der Waals surface area (Å²) >= 11 is 0. The number of rotatable bonds is 6. The van der Waals surface area contributed by atoms with Crippen molar-refractivity contribution < 1.29 is 29.2 Å². The first-order chi connectivity index (χ1) is 12.5. The molecule has 2 aromatic carbocycles. The number of benzene rings is 2. The Morgan fingerprint density at radius 2 is 1.92 bits per heavy atom. The van der Waals surface area contributed by atoms with E-state index in [0.717, 1.165) is 35.1 Å². The van der Waals surface area contributed by atoms with Crippen LogP contribution in [0.4, 0.5) is 0 Å². The molecule has 26 heavy (non-hydrogen) atoms. The summed E-state index contributed by atoms with van der Waals surface area (Å²) in [5.74, 6) is 1.59. The molecule has 2 aliphatic rings. The second kappa shape index (κ2) is 6.46. The highest BCUT2D eigenvalue weighted by atomic mass is 16.6. The smallest absolute Gasteiger partial charge is 0.203 e. The van der Waals surface area contributed by atoms with Gasteiger partial charge in [-0.25, -0.2) is 0 Å². The summed E-state index contributed by atoms with van der Waals surface area (Å²) in [5.41, 5.74) is 2.72. The van der Waals surface area contributed by atoms with Crippen molar-refractivity contribution in [2.45, 2.75) is 31.3 Å². The summed E-state index contributed by atoms with van der Waals surface area (Å²) in [4.78, 5) is 0. The predicted octanol–water partition coefficient (Wildman–Crippen LogP) is 2.80. The topological polar surface area (TPSA) is 77.4 Å². The van der Waals surface area contributed by atoms with Crippen LogP contribution in [0.15, 0.2) is 30.3 Å². The number of methoxy groups -OCH3 is 2. The molecule has 4 rings (SSSR count). The van der Waals surface area contributed by atoms with Gasteiger partial charge >= 0.3 is 0 Å². The fourth-order valence-electron chi connectivity index (χ4n) is 3.16. The van der Waals surface area contributed by atoms with E-state index in [9.17, 15) is 10.2 Å². The minimum absolute atomic E-state index is 0.205. The summed E-state index contributed by atoms with van der Waals surface area (Å²) in [6, 6.07) is 9.48. The molecule has 0 spiro atoms. The molecule has 0 radical (unpaired) electrons. The Hall–Kier alpha value is -2.28. The van der Waals surface area contributed by atoms with Crippen LogP contribution in [-0.4, -0.2) is 36.6 Å². The molecule has 1 unspecified atom stereocenters. The SMILES string of the molecule is COc1ccc(-c2ccc3c(c2)COC3O)c(OCC2(O)CC2)c1OC. The molecule has 1 heterocycles. The Morgan fingerprint density at radius 3 is 2.62 bits per heavy atom. The van der Waals surface area contributed by atoms with Gasteiger partial charge in [0, 0.05) is 11.1 Å². The molecule has 6 heteroatoms. The van der Waals surface area contributed by atoms with Gasteiger partial charge in [0.05, 0.1) is 26.4 Å². The van der Waals surface area contributed by atoms with Crippen LogP contribution in [0.1, 0.15) is 30.3 Å². The fourth-order valence-corrected chi connectivity index (χ4v) is 3.16. The van der Waals surface area contributed by atoms with E-state index in [1.807, 2.05) is 30.3 Å². The molecule has 1 aliphatic carbocycles. The zero-order valence-electron chi connectivity index (χ0n) is 14.8. The monoisotopic (exact) mass is 358 g/mol. The van der Waals surface area contributed by atoms with E-state index in [-0.39, 0.29) is 6.61 Å². The largest absolute Gasteiger partial charge is 0.493 e. The summed E-state index contributed by atoms with van der Waals surface area (Å²) in [5, 5.41) is 20.0. The van der Waals surface area contributed by atoms with Crippen LogP contribution >= 0.6 is 0 Å². The first-order valence-corrected chi connectivity index (χ1v) is 8.58. The van der Waals surface area contributed by atoms with Crippen LogP contribution in [0, 0.1) is 0 Å². The zero-order valence-corrected chi connectivity index (χ0v) is 14.8. The molecule has 138 valence electrons. The second-order valence-electron chi connectivity index (χ2n) is 6.77. The molecule has 0 aromatic heterocycles. The number of hydrogen-bond donors (Lipinski definition) is 2. The third-order valence-electron chi connectivity index (χ3n) is 4.93. The number of ether oxygens (including phenoxy) is 4. The van der Waals surface area contributed by atoms with E-state index in [1.54, 1.807) is 14.2 Å². The van der Waals surface area contributed by atoms with E-state index >= 15 is 0 Å². The van der Waals surface area contributed by atoms with Crippen LogP contribution in [0.2, 0.25) is 0 Å². The van der Waals surface area contributed by atoms with Crippen molar-refractivity contribution in [3.05, 3.63) is 41.5 Å². The lowest BCUT2D eigenvalue weighted by atomic mass is 9.99. The van der Waals surface area contributed by atoms with Gasteiger partial charge in [0.2, 0.25) is 5.75 Å². The van der Waals surface area contributed by atoms with Crippen molar-refractivity contribution >= 4 is 0 Å². The van der Waals surface area contributed by atoms with Gasteiger partial charge in [0.15, 0.2) is 17.8 Å². The first-order valence-electron chi connectivity index (χ1n) is 8.58. The maximum absolute atomic E-state index is 10.2. The molecule has 1 fully saturated rings. The van der Waals surface area contributed by atoms with Crippen LogP contribution in [0.25, 0.3) is 11.1 Å². The maximum Gasteiger partial charge on any atom is 0.203 e. The van der Waals surface area contributed by atoms with Crippen LogP contribution < -0.4 is 14.2 Å². The van der Waals surface area contributed by atoms with Gasteiger partial charge in [-0.15, -0.1) is 0 Å². The third-order valence-corrected chi connectivity index (χ3v) is 4.93. The molecular weight excluding hydrogens is 336 g/mol. The summed E-state index contributed by atoms with van der Waals surface area (Å²) < 4.78 is 22.2. The summed E-state index contributed by atoms with van der Waals surface area (Å²) in [6.45, 7) is 0.573. The number of hydrogen-bond acceptors (Lipinski definition) is 6. The van der Waals surface area contributed by atoms with Crippen molar-refractivity contribution in [1.82, 2.24) is 0 Å². The van der Waals surface area contributed by atoms with Crippen molar-refractivity contribution in [3.8, 4) is 28.4 Å². The van der Waals surface area contributed by atoms with Gasteiger partial charge in [-0.05, 0) is 42.2 Å². The van der Waals surface area contributed by atoms with Crippen LogP contribution in [0.5, 0.6) is 17.2 Å². The molecule has 2 N–H and O–H groups in total. The van der Waals surface area contributed by atoms with Crippen molar-refractivity contribution in [3.63, 3.8) is 0 Å². The molecule has 2 aromatic rings. The number of aliphatic hydroxyl groups excluding tert-OH is 1. The van der Waals surface area contributed by atoms with Crippen molar-refractivity contribution in [2.75, 3.05) is 20.8 Å².